The van der Waals surface area contributed by atoms with Crippen LogP contribution in [0, 0.1) is 0 Å². The van der Waals surface area contributed by atoms with Gasteiger partial charge < -0.3 is 15.3 Å². The number of nitrogens with two attached hydrogens (primary N) is 1. The molecule has 0 aliphatic rings. The Morgan fingerprint density at radius 1 is 1.05 bits per heavy atom. The number of carbonyl (C=O) groups excluding carboxylic acids is 1. The number of aromatic nitrogens is 3. The number of hydrogen-bond donors (Lipinski definition) is 1. The van der Waals surface area contributed by atoms with Crippen LogP contribution >= 0.6 is 34.5 Å². The van der Waals surface area contributed by atoms with Crippen molar-refractivity contribution in [2.45, 2.75) is 11.1 Å². The second-order valence-electron chi connectivity index (χ2n) is 7.13. The van der Waals surface area contributed by atoms with E-state index in [1.54, 1.807) is 30.3 Å². The van der Waals surface area contributed by atoms with Crippen molar-refractivity contribution < 1.29 is 36.0 Å². The van der Waals surface area contributed by atoms with Gasteiger partial charge >= 0.3 is 12.1 Å². The first-order chi connectivity index (χ1) is 17.9. The van der Waals surface area contributed by atoms with E-state index in [0.717, 1.165) is 17.6 Å². The Morgan fingerprint density at radius 3 is 2.42 bits per heavy atom. The number of alkyl halides is 3. The van der Waals surface area contributed by atoms with Crippen LogP contribution < -0.4 is 14.9 Å². The summed E-state index contributed by atoms with van der Waals surface area (Å²) in [6, 6.07) is 11.0. The molecule has 4 aromatic rings. The number of hydrogen-bond acceptors (Lipinski definition) is 10. The Kier molecular flexibility index (Phi) is 7.64. The second-order valence-corrected chi connectivity index (χ2v) is 10.5. The molecule has 0 fully saturated rings. The van der Waals surface area contributed by atoms with Gasteiger partial charge in [0.15, 0.2) is 0 Å². The van der Waals surface area contributed by atoms with Crippen LogP contribution in [-0.4, -0.2) is 35.7 Å². The van der Waals surface area contributed by atoms with Crippen molar-refractivity contribution in [3.05, 3.63) is 70.3 Å². The zero-order valence-electron chi connectivity index (χ0n) is 18.4. The monoisotopic (exact) mass is 605 g/mol. The van der Waals surface area contributed by atoms with Crippen LogP contribution in [0.5, 0.6) is 11.5 Å². The zero-order valence-corrected chi connectivity index (χ0v) is 21.5. The fraction of sp³-hybridized carbons (Fsp3) is 0.0476. The van der Waals surface area contributed by atoms with E-state index in [0.29, 0.717) is 27.5 Å². The van der Waals surface area contributed by atoms with Gasteiger partial charge in [0.1, 0.15) is 22.8 Å². The molecular formula is C21H12Cl2F3N5O5S2. The van der Waals surface area contributed by atoms with Gasteiger partial charge in [-0.25, -0.2) is 9.78 Å². The van der Waals surface area contributed by atoms with Crippen molar-refractivity contribution in [2.75, 3.05) is 10.2 Å². The van der Waals surface area contributed by atoms with Gasteiger partial charge in [-0.15, -0.1) is 10.2 Å². The fourth-order valence-electron chi connectivity index (χ4n) is 2.94. The van der Waals surface area contributed by atoms with Gasteiger partial charge in [0.2, 0.25) is 0 Å². The normalized spacial score (nSPS) is 11.7. The molecule has 4 rings (SSSR count). The predicted molar refractivity (Wildman–Crippen MR) is 132 cm³/mol. The van der Waals surface area contributed by atoms with E-state index >= 15 is 0 Å². The molecule has 0 radical (unpaired) electrons. The number of benzene rings is 2. The van der Waals surface area contributed by atoms with E-state index in [1.165, 1.54) is 12.3 Å². The molecule has 0 saturated carbocycles. The lowest BCUT2D eigenvalue weighted by Crippen LogP contribution is -2.38. The van der Waals surface area contributed by atoms with Crippen LogP contribution in [-0.2, 0) is 19.7 Å². The number of carbonyl (C=O) groups is 1. The summed E-state index contributed by atoms with van der Waals surface area (Å²) in [5, 5.41) is 6.25. The Hall–Kier alpha value is -3.66. The SMILES string of the molecule is Nc1cc(-c2cc(Cl)ccc2Oc2ccc(S(=O)(=O)N(OC(=O)C(F)(F)F)c3nncs3)cc2Cl)ccn1. The number of nitrogen functional groups attached to an aromatic ring is 1. The maximum Gasteiger partial charge on any atom is 0.493 e. The number of pyridine rings is 1. The molecule has 0 unspecified atom stereocenters. The summed E-state index contributed by atoms with van der Waals surface area (Å²) < 4.78 is 70.2. The van der Waals surface area contributed by atoms with Crippen molar-refractivity contribution >= 4 is 61.5 Å². The number of nitrogens with zero attached hydrogens (tertiary/aromatic N) is 4. The minimum atomic E-state index is -5.48. The molecule has 0 aliphatic carbocycles. The van der Waals surface area contributed by atoms with Gasteiger partial charge in [-0.1, -0.05) is 39.0 Å². The van der Waals surface area contributed by atoms with Gasteiger partial charge in [0.25, 0.3) is 15.2 Å². The van der Waals surface area contributed by atoms with Crippen molar-refractivity contribution in [3.63, 3.8) is 0 Å². The van der Waals surface area contributed by atoms with Crippen molar-refractivity contribution in [3.8, 4) is 22.6 Å². The summed E-state index contributed by atoms with van der Waals surface area (Å²) in [5.41, 5.74) is 7.92. The zero-order chi connectivity index (χ0) is 27.7. The number of anilines is 2. The Balaban J connectivity index is 1.68. The molecule has 0 bridgehead atoms. The molecule has 0 atom stereocenters. The highest BCUT2D eigenvalue weighted by Gasteiger charge is 2.45. The summed E-state index contributed by atoms with van der Waals surface area (Å²) in [4.78, 5) is 18.8. The first kappa shape index (κ1) is 27.4. The van der Waals surface area contributed by atoms with Crippen molar-refractivity contribution in [1.82, 2.24) is 15.2 Å². The average Bonchev–Trinajstić information content (AvgIpc) is 3.38. The van der Waals surface area contributed by atoms with Gasteiger partial charge in [-0.05, 0) is 54.1 Å². The maximum atomic E-state index is 13.1. The van der Waals surface area contributed by atoms with Crippen LogP contribution in [0.25, 0.3) is 11.1 Å². The van der Waals surface area contributed by atoms with E-state index in [-0.39, 0.29) is 26.8 Å². The molecule has 0 amide bonds. The Morgan fingerprint density at radius 2 is 1.79 bits per heavy atom. The van der Waals surface area contributed by atoms with Gasteiger partial charge in [-0.2, -0.15) is 21.6 Å². The summed E-state index contributed by atoms with van der Waals surface area (Å²) in [6.45, 7) is 0. The second kappa shape index (κ2) is 10.6. The minimum absolute atomic E-state index is 0.00836. The molecular weight excluding hydrogens is 594 g/mol. The lowest BCUT2D eigenvalue weighted by atomic mass is 10.1. The average molecular weight is 606 g/mol. The molecule has 198 valence electrons. The minimum Gasteiger partial charge on any atom is -0.455 e. The molecule has 2 heterocycles. The standard InChI is InChI=1S/C21H12Cl2F3N5O5S2/c22-12-1-3-16(14(8-12)11-5-6-28-18(27)7-11)35-17-4-2-13(9-15(17)23)38(33,34)31(20-30-29-10-37-20)36-19(32)21(24,25)26/h1-10H,(H2,27,28). The van der Waals surface area contributed by atoms with Crippen LogP contribution in [0.3, 0.4) is 0 Å². The summed E-state index contributed by atoms with van der Waals surface area (Å²) in [5.74, 6) is -2.28. The van der Waals surface area contributed by atoms with Crippen molar-refractivity contribution in [2.24, 2.45) is 0 Å². The number of sulfonamides is 1. The highest BCUT2D eigenvalue weighted by Crippen LogP contribution is 2.39. The summed E-state index contributed by atoms with van der Waals surface area (Å²) in [6.07, 6.45) is -4.00. The lowest BCUT2D eigenvalue weighted by Gasteiger charge is -2.20. The van der Waals surface area contributed by atoms with E-state index in [9.17, 15) is 26.4 Å². The van der Waals surface area contributed by atoms with Crippen LogP contribution in [0.2, 0.25) is 10.0 Å². The Labute approximate surface area is 226 Å². The molecule has 17 heteroatoms. The largest absolute Gasteiger partial charge is 0.493 e. The maximum absolute atomic E-state index is 13.1. The number of ether oxygens (including phenoxy) is 1. The van der Waals surface area contributed by atoms with Crippen LogP contribution in [0.1, 0.15) is 0 Å². The molecule has 38 heavy (non-hydrogen) atoms. The van der Waals surface area contributed by atoms with E-state index in [2.05, 4.69) is 20.0 Å². The molecule has 0 saturated heterocycles. The summed E-state index contributed by atoms with van der Waals surface area (Å²) >= 11 is 12.9. The lowest BCUT2D eigenvalue weighted by molar-refractivity contribution is -0.199. The first-order valence-electron chi connectivity index (χ1n) is 9.96. The van der Waals surface area contributed by atoms with Gasteiger partial charge in [-0.3, -0.25) is 0 Å². The number of rotatable bonds is 7. The fourth-order valence-corrected chi connectivity index (χ4v) is 5.33. The molecule has 2 aromatic carbocycles. The molecule has 0 spiro atoms. The highest BCUT2D eigenvalue weighted by atomic mass is 35.5. The van der Waals surface area contributed by atoms with E-state index in [4.69, 9.17) is 33.7 Å². The molecule has 0 aliphatic heterocycles. The number of halogens is 5. The summed E-state index contributed by atoms with van der Waals surface area (Å²) in [7, 11) is -4.93. The Bertz CT molecular complexity index is 1610. The quantitative estimate of drug-likeness (QED) is 0.271. The van der Waals surface area contributed by atoms with Crippen LogP contribution in [0.4, 0.5) is 24.1 Å². The molecule has 10 nitrogen and oxygen atoms in total. The van der Waals surface area contributed by atoms with E-state index < -0.39 is 32.2 Å². The molecule has 2 N–H and O–H groups in total. The van der Waals surface area contributed by atoms with Crippen molar-refractivity contribution in [1.29, 1.82) is 0 Å². The highest BCUT2D eigenvalue weighted by molar-refractivity contribution is 7.92. The smallest absolute Gasteiger partial charge is 0.455 e. The third-order valence-electron chi connectivity index (χ3n) is 4.58. The molecule has 2 aromatic heterocycles. The van der Waals surface area contributed by atoms with Crippen LogP contribution in [0.15, 0.2) is 65.1 Å². The third kappa shape index (κ3) is 5.91. The topological polar surface area (TPSA) is 138 Å². The van der Waals surface area contributed by atoms with E-state index in [1.807, 2.05) is 0 Å². The first-order valence-corrected chi connectivity index (χ1v) is 13.0. The van der Waals surface area contributed by atoms with Gasteiger partial charge in [0, 0.05) is 16.8 Å². The van der Waals surface area contributed by atoms with Gasteiger partial charge in [0.05, 0.1) is 9.92 Å². The predicted octanol–water partition coefficient (Wildman–Crippen LogP) is 5.50. The third-order valence-corrected chi connectivity index (χ3v) is 7.41.